The van der Waals surface area contributed by atoms with E-state index >= 15 is 0 Å². The number of carbonyl (C=O) groups excluding carboxylic acids is 2. The Morgan fingerprint density at radius 1 is 0.955 bits per heavy atom. The Morgan fingerprint density at radius 2 is 1.61 bits per heavy atom. The molecule has 1 saturated carbocycles. The molecule has 0 heterocycles. The minimum Gasteiger partial charge on any atom is -0.494 e. The van der Waals surface area contributed by atoms with E-state index in [1.807, 2.05) is 32.9 Å². The molecule has 1 fully saturated rings. The lowest BCUT2D eigenvalue weighted by Crippen LogP contribution is -2.54. The van der Waals surface area contributed by atoms with Crippen LogP contribution in [0.3, 0.4) is 0 Å². The lowest BCUT2D eigenvalue weighted by atomic mass is 9.95. The number of rotatable bonds is 13. The van der Waals surface area contributed by atoms with Gasteiger partial charge in [-0.05, 0) is 81.1 Å². The minimum absolute atomic E-state index is 0.0223. The topological polar surface area (TPSA) is 96.0 Å². The molecule has 10 heteroatoms. The molecule has 2 amide bonds. The molecular weight excluding hydrogens is 598 g/mol. The second-order valence-corrected chi connectivity index (χ2v) is 13.4. The Hall–Kier alpha value is -3.56. The van der Waals surface area contributed by atoms with Crippen LogP contribution in [0.5, 0.6) is 5.75 Å². The minimum atomic E-state index is -4.18. The van der Waals surface area contributed by atoms with Crippen molar-refractivity contribution in [2.45, 2.75) is 82.8 Å². The summed E-state index contributed by atoms with van der Waals surface area (Å²) in [7, 11) is -4.18. The highest BCUT2D eigenvalue weighted by Gasteiger charge is 2.34. The number of carbonyl (C=O) groups is 2. The zero-order valence-electron chi connectivity index (χ0n) is 25.7. The number of halogens is 1. The van der Waals surface area contributed by atoms with Crippen LogP contribution in [0.25, 0.3) is 0 Å². The zero-order valence-corrected chi connectivity index (χ0v) is 27.2. The van der Waals surface area contributed by atoms with Crippen LogP contribution < -0.4 is 14.4 Å². The van der Waals surface area contributed by atoms with Crippen LogP contribution in [0, 0.1) is 6.92 Å². The quantitative estimate of drug-likeness (QED) is 0.230. The summed E-state index contributed by atoms with van der Waals surface area (Å²) < 4.78 is 34.8. The third-order valence-electron chi connectivity index (χ3n) is 7.96. The number of hydrogen-bond donors (Lipinski definition) is 1. The van der Waals surface area contributed by atoms with Crippen LogP contribution in [0.2, 0.25) is 5.02 Å². The van der Waals surface area contributed by atoms with E-state index in [1.54, 1.807) is 48.5 Å². The smallest absolute Gasteiger partial charge is 0.264 e. The van der Waals surface area contributed by atoms with E-state index in [0.717, 1.165) is 42.0 Å². The zero-order chi connectivity index (χ0) is 31.7. The van der Waals surface area contributed by atoms with Gasteiger partial charge in [0.15, 0.2) is 0 Å². The number of benzene rings is 3. The van der Waals surface area contributed by atoms with Crippen molar-refractivity contribution >= 4 is 39.1 Å². The molecule has 4 rings (SSSR count). The molecule has 0 bridgehead atoms. The van der Waals surface area contributed by atoms with E-state index in [4.69, 9.17) is 16.3 Å². The molecule has 236 valence electrons. The Morgan fingerprint density at radius 3 is 2.23 bits per heavy atom. The monoisotopic (exact) mass is 639 g/mol. The third kappa shape index (κ3) is 8.33. The molecule has 3 aromatic carbocycles. The molecule has 44 heavy (non-hydrogen) atoms. The van der Waals surface area contributed by atoms with Crippen molar-refractivity contribution in [1.82, 2.24) is 10.2 Å². The molecule has 0 saturated heterocycles. The number of nitrogens with one attached hydrogen (secondary N) is 1. The SMILES string of the molecule is CCOc1ccc(S(=O)(=O)N(CC(=O)N(Cc2ccccc2Cl)[C@H](CC)C(=O)NC2CCCCC2)c2ccc(C)cc2)cc1. The number of nitrogens with zero attached hydrogens (tertiary/aromatic N) is 2. The lowest BCUT2D eigenvalue weighted by Gasteiger charge is -2.34. The first kappa shape index (κ1) is 33.3. The Labute approximate surface area is 266 Å². The van der Waals surface area contributed by atoms with Crippen molar-refractivity contribution in [2.24, 2.45) is 0 Å². The van der Waals surface area contributed by atoms with E-state index < -0.39 is 28.5 Å². The van der Waals surface area contributed by atoms with E-state index in [-0.39, 0.29) is 23.4 Å². The summed E-state index contributed by atoms with van der Waals surface area (Å²) in [5.41, 5.74) is 1.96. The predicted octanol–water partition coefficient (Wildman–Crippen LogP) is 6.50. The van der Waals surface area contributed by atoms with E-state index in [1.165, 1.54) is 17.0 Å². The second-order valence-electron chi connectivity index (χ2n) is 11.1. The first-order chi connectivity index (χ1) is 21.1. The molecule has 0 radical (unpaired) electrons. The van der Waals surface area contributed by atoms with Crippen LogP contribution in [-0.4, -0.2) is 50.4 Å². The molecule has 1 atom stereocenters. The summed E-state index contributed by atoms with van der Waals surface area (Å²) in [4.78, 5) is 29.5. The number of anilines is 1. The van der Waals surface area contributed by atoms with Gasteiger partial charge in [0.25, 0.3) is 10.0 Å². The highest BCUT2D eigenvalue weighted by atomic mass is 35.5. The first-order valence-corrected chi connectivity index (χ1v) is 17.1. The summed E-state index contributed by atoms with van der Waals surface area (Å²) in [6, 6.07) is 19.5. The van der Waals surface area contributed by atoms with Crippen LogP contribution in [0.1, 0.15) is 63.5 Å². The largest absolute Gasteiger partial charge is 0.494 e. The van der Waals surface area contributed by atoms with Crippen molar-refractivity contribution < 1.29 is 22.7 Å². The maximum Gasteiger partial charge on any atom is 0.264 e. The maximum absolute atomic E-state index is 14.3. The number of aryl methyl sites for hydroxylation is 1. The Kier molecular flexibility index (Phi) is 11.7. The highest BCUT2D eigenvalue weighted by molar-refractivity contribution is 7.92. The fraction of sp³-hybridized carbons (Fsp3) is 0.412. The van der Waals surface area contributed by atoms with Gasteiger partial charge in [-0.3, -0.25) is 13.9 Å². The fourth-order valence-electron chi connectivity index (χ4n) is 5.52. The van der Waals surface area contributed by atoms with Gasteiger partial charge >= 0.3 is 0 Å². The van der Waals surface area contributed by atoms with E-state index in [9.17, 15) is 18.0 Å². The molecule has 0 aliphatic heterocycles. The number of ether oxygens (including phenoxy) is 1. The van der Waals surface area contributed by atoms with Gasteiger partial charge in [0.1, 0.15) is 18.3 Å². The molecule has 0 spiro atoms. The maximum atomic E-state index is 14.3. The van der Waals surface area contributed by atoms with Gasteiger partial charge in [-0.2, -0.15) is 0 Å². The fourth-order valence-corrected chi connectivity index (χ4v) is 7.13. The average molecular weight is 640 g/mol. The van der Waals surface area contributed by atoms with Crippen molar-refractivity contribution in [2.75, 3.05) is 17.5 Å². The molecule has 3 aromatic rings. The molecular formula is C34H42ClN3O5S. The Balaban J connectivity index is 1.70. The summed E-state index contributed by atoms with van der Waals surface area (Å²) in [6.45, 7) is 5.61. The Bertz CT molecular complexity index is 1510. The lowest BCUT2D eigenvalue weighted by molar-refractivity contribution is -0.140. The van der Waals surface area contributed by atoms with Crippen molar-refractivity contribution in [3.05, 3.63) is 88.9 Å². The van der Waals surface area contributed by atoms with Crippen LogP contribution in [-0.2, 0) is 26.2 Å². The predicted molar refractivity (Wildman–Crippen MR) is 174 cm³/mol. The normalized spacial score (nSPS) is 14.5. The van der Waals surface area contributed by atoms with Gasteiger partial charge in [0.05, 0.1) is 17.2 Å². The molecule has 1 aliphatic rings. The van der Waals surface area contributed by atoms with Gasteiger partial charge in [-0.25, -0.2) is 8.42 Å². The third-order valence-corrected chi connectivity index (χ3v) is 10.1. The summed E-state index contributed by atoms with van der Waals surface area (Å²) >= 11 is 6.51. The van der Waals surface area contributed by atoms with Crippen LogP contribution in [0.4, 0.5) is 5.69 Å². The molecule has 8 nitrogen and oxygen atoms in total. The molecule has 0 unspecified atom stereocenters. The van der Waals surface area contributed by atoms with E-state index in [2.05, 4.69) is 5.32 Å². The van der Waals surface area contributed by atoms with Gasteiger partial charge in [-0.1, -0.05) is 73.7 Å². The summed E-state index contributed by atoms with van der Waals surface area (Å²) in [5.74, 6) is -0.202. The van der Waals surface area contributed by atoms with Crippen molar-refractivity contribution in [3.8, 4) is 5.75 Å². The molecule has 0 aromatic heterocycles. The summed E-state index contributed by atoms with van der Waals surface area (Å²) in [5, 5.41) is 3.62. The highest BCUT2D eigenvalue weighted by Crippen LogP contribution is 2.27. The average Bonchev–Trinajstić information content (AvgIpc) is 3.02. The molecule has 1 N–H and O–H groups in total. The van der Waals surface area contributed by atoms with Gasteiger partial charge < -0.3 is 15.0 Å². The second kappa shape index (κ2) is 15.4. The van der Waals surface area contributed by atoms with E-state index in [0.29, 0.717) is 35.1 Å². The first-order valence-electron chi connectivity index (χ1n) is 15.3. The van der Waals surface area contributed by atoms with Crippen molar-refractivity contribution in [1.29, 1.82) is 0 Å². The van der Waals surface area contributed by atoms with Crippen LogP contribution >= 0.6 is 11.6 Å². The van der Waals surface area contributed by atoms with Crippen LogP contribution in [0.15, 0.2) is 77.7 Å². The standard InChI is InChI=1S/C34H42ClN3O5S/c1-4-32(34(40)36-27-12-7-6-8-13-27)37(23-26-11-9-10-14-31(26)35)33(39)24-38(28-17-15-25(3)16-18-28)44(41,42)30-21-19-29(20-22-30)43-5-2/h9-11,14-22,27,32H,4-8,12-13,23-24H2,1-3H3,(H,36,40)/t32-/m1/s1. The number of hydrogen-bond acceptors (Lipinski definition) is 5. The van der Waals surface area contributed by atoms with Crippen molar-refractivity contribution in [3.63, 3.8) is 0 Å². The number of amides is 2. The number of sulfonamides is 1. The molecule has 1 aliphatic carbocycles. The van der Waals surface area contributed by atoms with Gasteiger partial charge in [0.2, 0.25) is 11.8 Å². The van der Waals surface area contributed by atoms with Gasteiger partial charge in [-0.15, -0.1) is 0 Å². The van der Waals surface area contributed by atoms with Gasteiger partial charge in [0, 0.05) is 17.6 Å². The summed E-state index contributed by atoms with van der Waals surface area (Å²) in [6.07, 6.45) is 5.42.